The zero-order valence-electron chi connectivity index (χ0n) is 17.3. The minimum absolute atomic E-state index is 0.0397. The Morgan fingerprint density at radius 1 is 1.07 bits per heavy atom. The van der Waals surface area contributed by atoms with E-state index in [0.717, 1.165) is 70.7 Å². The molecule has 0 aromatic carbocycles. The monoisotopic (exact) mass is 422 g/mol. The van der Waals surface area contributed by atoms with Crippen LogP contribution in [0.4, 0.5) is 13.2 Å². The van der Waals surface area contributed by atoms with Crippen LogP contribution >= 0.6 is 0 Å². The Hall–Kier alpha value is -2.00. The number of alkyl halides is 3. The lowest BCUT2D eigenvalue weighted by Crippen LogP contribution is -2.52. The molecule has 2 N–H and O–H groups in total. The van der Waals surface area contributed by atoms with Gasteiger partial charge in [-0.15, -0.1) is 0 Å². The first-order valence-corrected chi connectivity index (χ1v) is 10.8. The molecule has 30 heavy (non-hydrogen) atoms. The molecule has 164 valence electrons. The van der Waals surface area contributed by atoms with Crippen LogP contribution in [0.3, 0.4) is 0 Å². The Balaban J connectivity index is 1.46. The second-order valence-electron chi connectivity index (χ2n) is 8.27. The molecule has 3 aliphatic rings. The first-order chi connectivity index (χ1) is 14.5. The van der Waals surface area contributed by atoms with Gasteiger partial charge in [-0.2, -0.15) is 13.2 Å². The van der Waals surface area contributed by atoms with Crippen LogP contribution in [-0.4, -0.2) is 52.9 Å². The molecule has 2 fully saturated rings. The molecular weight excluding hydrogens is 393 g/mol. The number of piperidine rings is 2. The summed E-state index contributed by atoms with van der Waals surface area (Å²) in [5.74, 6) is 1.06. The van der Waals surface area contributed by atoms with Gasteiger partial charge in [-0.1, -0.05) is 6.92 Å². The van der Waals surface area contributed by atoms with Crippen molar-refractivity contribution in [3.05, 3.63) is 35.7 Å². The van der Waals surface area contributed by atoms with E-state index in [1.165, 1.54) is 11.4 Å². The van der Waals surface area contributed by atoms with Gasteiger partial charge in [0.1, 0.15) is 5.82 Å². The third kappa shape index (κ3) is 4.67. The lowest BCUT2D eigenvalue weighted by Gasteiger charge is -2.42. The van der Waals surface area contributed by atoms with Gasteiger partial charge >= 0.3 is 6.18 Å². The van der Waals surface area contributed by atoms with Crippen molar-refractivity contribution in [1.29, 1.82) is 0 Å². The first kappa shape index (κ1) is 21.2. The largest absolute Gasteiger partial charge is 0.419 e. The number of rotatable bonds is 4. The minimum atomic E-state index is -4.41. The summed E-state index contributed by atoms with van der Waals surface area (Å²) < 4.78 is 38.5. The standard InChI is InChI=1S/C21H29F3N6/c1-2-17-12-27-18(14-3-6-25-7-4-14)13-30(17)19-9-15(5-8-26-19)20-28-10-16(11-29-20)21(22,23)24/h10-12,14-15,19,25-26H,2-9,13H2,1H3. The van der Waals surface area contributed by atoms with Gasteiger partial charge < -0.3 is 10.2 Å². The molecule has 0 bridgehead atoms. The maximum atomic E-state index is 12.8. The number of nitrogens with zero attached hydrogens (tertiary/aromatic N) is 4. The molecule has 1 aromatic rings. The maximum absolute atomic E-state index is 12.8. The molecule has 0 radical (unpaired) electrons. The van der Waals surface area contributed by atoms with Crippen molar-refractivity contribution in [2.24, 2.45) is 10.9 Å². The highest BCUT2D eigenvalue weighted by molar-refractivity contribution is 5.90. The molecule has 9 heteroatoms. The highest BCUT2D eigenvalue weighted by atomic mass is 19.4. The third-order valence-corrected chi connectivity index (χ3v) is 6.37. The molecule has 2 unspecified atom stereocenters. The topological polar surface area (TPSA) is 65.4 Å². The van der Waals surface area contributed by atoms with Gasteiger partial charge in [-0.05, 0) is 51.7 Å². The van der Waals surface area contributed by atoms with E-state index in [1.807, 2.05) is 6.20 Å². The van der Waals surface area contributed by atoms with E-state index in [1.54, 1.807) is 0 Å². The molecule has 1 aromatic heterocycles. The average Bonchev–Trinajstić information content (AvgIpc) is 2.79. The van der Waals surface area contributed by atoms with Gasteiger partial charge in [0.25, 0.3) is 0 Å². The summed E-state index contributed by atoms with van der Waals surface area (Å²) in [5, 5.41) is 7.00. The fourth-order valence-corrected chi connectivity index (χ4v) is 4.60. The Labute approximate surface area is 175 Å². The van der Waals surface area contributed by atoms with Crippen molar-refractivity contribution in [2.45, 2.75) is 57.3 Å². The zero-order chi connectivity index (χ0) is 21.1. The van der Waals surface area contributed by atoms with E-state index < -0.39 is 11.7 Å². The van der Waals surface area contributed by atoms with E-state index in [0.29, 0.717) is 11.7 Å². The van der Waals surface area contributed by atoms with Gasteiger partial charge in [0.05, 0.1) is 18.3 Å². The van der Waals surface area contributed by atoms with Gasteiger partial charge in [-0.25, -0.2) is 9.97 Å². The van der Waals surface area contributed by atoms with Crippen LogP contribution in [0, 0.1) is 5.92 Å². The van der Waals surface area contributed by atoms with Gasteiger partial charge in [-0.3, -0.25) is 10.3 Å². The maximum Gasteiger partial charge on any atom is 0.419 e. The van der Waals surface area contributed by atoms with Crippen LogP contribution in [0.5, 0.6) is 0 Å². The highest BCUT2D eigenvalue weighted by Crippen LogP contribution is 2.32. The molecule has 0 saturated carbocycles. The molecule has 6 nitrogen and oxygen atoms in total. The van der Waals surface area contributed by atoms with Crippen molar-refractivity contribution in [3.8, 4) is 0 Å². The van der Waals surface area contributed by atoms with Crippen LogP contribution < -0.4 is 10.6 Å². The van der Waals surface area contributed by atoms with E-state index in [4.69, 9.17) is 4.99 Å². The van der Waals surface area contributed by atoms with Crippen LogP contribution in [0.15, 0.2) is 29.3 Å². The van der Waals surface area contributed by atoms with Gasteiger partial charge in [0, 0.05) is 41.8 Å². The lowest BCUT2D eigenvalue weighted by molar-refractivity contribution is -0.138. The number of allylic oxidation sites excluding steroid dienone is 1. The summed E-state index contributed by atoms with van der Waals surface area (Å²) in [6, 6.07) is 0. The van der Waals surface area contributed by atoms with Crippen LogP contribution in [0.1, 0.15) is 56.3 Å². The average molecular weight is 422 g/mol. The molecule has 4 rings (SSSR count). The molecule has 0 spiro atoms. The van der Waals surface area contributed by atoms with Crippen molar-refractivity contribution in [1.82, 2.24) is 25.5 Å². The van der Waals surface area contributed by atoms with Crippen molar-refractivity contribution in [3.63, 3.8) is 0 Å². The predicted molar refractivity (Wildman–Crippen MR) is 109 cm³/mol. The summed E-state index contributed by atoms with van der Waals surface area (Å²) in [7, 11) is 0. The molecule has 4 heterocycles. The van der Waals surface area contributed by atoms with Crippen molar-refractivity contribution in [2.75, 3.05) is 26.2 Å². The number of hydrogen-bond donors (Lipinski definition) is 2. The number of nitrogens with one attached hydrogen (secondary N) is 2. The van der Waals surface area contributed by atoms with Crippen molar-refractivity contribution >= 4 is 5.71 Å². The van der Waals surface area contributed by atoms with E-state index >= 15 is 0 Å². The first-order valence-electron chi connectivity index (χ1n) is 10.8. The molecule has 2 saturated heterocycles. The fourth-order valence-electron chi connectivity index (χ4n) is 4.60. The van der Waals surface area contributed by atoms with Gasteiger partial charge in [0.15, 0.2) is 0 Å². The van der Waals surface area contributed by atoms with Crippen LogP contribution in [-0.2, 0) is 6.18 Å². The Bertz CT molecular complexity index is 783. The molecule has 0 aliphatic carbocycles. The van der Waals surface area contributed by atoms with E-state index in [-0.39, 0.29) is 12.1 Å². The fraction of sp³-hybridized carbons (Fsp3) is 0.667. The summed E-state index contributed by atoms with van der Waals surface area (Å²) in [6.07, 6.45) is 4.20. The second kappa shape index (κ2) is 9.01. The minimum Gasteiger partial charge on any atom is -0.352 e. The Morgan fingerprint density at radius 2 is 1.77 bits per heavy atom. The highest BCUT2D eigenvalue weighted by Gasteiger charge is 2.34. The van der Waals surface area contributed by atoms with Crippen LogP contribution in [0.25, 0.3) is 0 Å². The number of aromatic nitrogens is 2. The third-order valence-electron chi connectivity index (χ3n) is 6.37. The molecule has 2 atom stereocenters. The molecule has 0 amide bonds. The lowest BCUT2D eigenvalue weighted by atomic mass is 9.90. The quantitative estimate of drug-likeness (QED) is 0.780. The number of aliphatic imine (C=N–C) groups is 1. The van der Waals surface area contributed by atoms with E-state index in [9.17, 15) is 13.2 Å². The van der Waals surface area contributed by atoms with Crippen molar-refractivity contribution < 1.29 is 13.2 Å². The zero-order valence-corrected chi connectivity index (χ0v) is 17.3. The van der Waals surface area contributed by atoms with E-state index in [2.05, 4.69) is 32.4 Å². The smallest absolute Gasteiger partial charge is 0.352 e. The van der Waals surface area contributed by atoms with Crippen LogP contribution in [0.2, 0.25) is 0 Å². The summed E-state index contributed by atoms with van der Waals surface area (Å²) >= 11 is 0. The van der Waals surface area contributed by atoms with Gasteiger partial charge in [0.2, 0.25) is 0 Å². The summed E-state index contributed by atoms with van der Waals surface area (Å²) in [4.78, 5) is 15.3. The Kier molecular flexibility index (Phi) is 6.38. The SMILES string of the molecule is CCC1=CN=C(C2CCNCC2)CN1C1CC(c2ncc(C(F)(F)F)cn2)CCN1. The normalized spacial score (nSPS) is 26.3. The number of hydrogen-bond acceptors (Lipinski definition) is 6. The number of halogens is 3. The molecule has 3 aliphatic heterocycles. The second-order valence-corrected chi connectivity index (χ2v) is 8.27. The predicted octanol–water partition coefficient (Wildman–Crippen LogP) is 3.30. The summed E-state index contributed by atoms with van der Waals surface area (Å²) in [5.41, 5.74) is 1.63. The summed E-state index contributed by atoms with van der Waals surface area (Å²) in [6.45, 7) is 5.78. The molecular formula is C21H29F3N6. The Morgan fingerprint density at radius 3 is 2.43 bits per heavy atom.